The number of pyridine rings is 1. The first-order valence-corrected chi connectivity index (χ1v) is 5.59. The summed E-state index contributed by atoms with van der Waals surface area (Å²) >= 11 is 0. The highest BCUT2D eigenvalue weighted by Gasteiger charge is 2.34. The number of aromatic nitrogens is 1. The molecule has 0 amide bonds. The van der Waals surface area contributed by atoms with E-state index in [9.17, 15) is 4.79 Å². The van der Waals surface area contributed by atoms with E-state index < -0.39 is 0 Å². The molecule has 16 heavy (non-hydrogen) atoms. The Hall–Kier alpha value is -1.42. The molecular formula is C12H17N3O. The number of nitrogens with zero attached hydrogens (tertiary/aromatic N) is 1. The van der Waals surface area contributed by atoms with Crippen LogP contribution >= 0.6 is 0 Å². The van der Waals surface area contributed by atoms with Gasteiger partial charge in [-0.25, -0.2) is 4.98 Å². The van der Waals surface area contributed by atoms with Crippen LogP contribution in [0.5, 0.6) is 0 Å². The van der Waals surface area contributed by atoms with Gasteiger partial charge in [0.1, 0.15) is 11.6 Å². The van der Waals surface area contributed by atoms with E-state index in [-0.39, 0.29) is 11.3 Å². The highest BCUT2D eigenvalue weighted by atomic mass is 16.1. The molecule has 0 spiro atoms. The SMILES string of the molecule is Nc1ncccc1CC(=O)CC1(N)CCC1. The summed E-state index contributed by atoms with van der Waals surface area (Å²) < 4.78 is 0. The van der Waals surface area contributed by atoms with Crippen LogP contribution in [0.2, 0.25) is 0 Å². The minimum absolute atomic E-state index is 0.155. The normalized spacial score (nSPS) is 17.8. The van der Waals surface area contributed by atoms with Gasteiger partial charge < -0.3 is 11.5 Å². The predicted octanol–water partition coefficient (Wildman–Crippen LogP) is 1.05. The number of carbonyl (C=O) groups excluding carboxylic acids is 1. The Labute approximate surface area is 95.0 Å². The van der Waals surface area contributed by atoms with Crippen molar-refractivity contribution in [2.75, 3.05) is 5.73 Å². The maximum Gasteiger partial charge on any atom is 0.139 e. The largest absolute Gasteiger partial charge is 0.383 e. The molecule has 0 saturated heterocycles. The van der Waals surface area contributed by atoms with Crippen molar-refractivity contribution in [1.82, 2.24) is 4.98 Å². The first-order valence-electron chi connectivity index (χ1n) is 5.59. The average Bonchev–Trinajstić information content (AvgIpc) is 2.19. The second kappa shape index (κ2) is 4.22. The Bertz CT molecular complexity index is 399. The fraction of sp³-hybridized carbons (Fsp3) is 0.500. The fourth-order valence-electron chi connectivity index (χ4n) is 2.08. The first kappa shape index (κ1) is 11.1. The van der Waals surface area contributed by atoms with Crippen LogP contribution in [-0.4, -0.2) is 16.3 Å². The molecule has 1 heterocycles. The van der Waals surface area contributed by atoms with Gasteiger partial charge in [0, 0.05) is 30.1 Å². The maximum atomic E-state index is 11.8. The van der Waals surface area contributed by atoms with Crippen LogP contribution in [0.4, 0.5) is 5.82 Å². The molecule has 1 saturated carbocycles. The molecule has 0 radical (unpaired) electrons. The topological polar surface area (TPSA) is 82.0 Å². The molecule has 0 aromatic carbocycles. The van der Waals surface area contributed by atoms with E-state index in [2.05, 4.69) is 4.98 Å². The Morgan fingerprint density at radius 1 is 1.50 bits per heavy atom. The van der Waals surface area contributed by atoms with Gasteiger partial charge in [0.05, 0.1) is 0 Å². The van der Waals surface area contributed by atoms with Gasteiger partial charge in [0.2, 0.25) is 0 Å². The summed E-state index contributed by atoms with van der Waals surface area (Å²) in [6.45, 7) is 0. The minimum atomic E-state index is -0.242. The van der Waals surface area contributed by atoms with Crippen molar-refractivity contribution in [2.45, 2.75) is 37.6 Å². The average molecular weight is 219 g/mol. The van der Waals surface area contributed by atoms with Gasteiger partial charge in [-0.05, 0) is 25.3 Å². The van der Waals surface area contributed by atoms with Crippen LogP contribution in [0.25, 0.3) is 0 Å². The number of anilines is 1. The van der Waals surface area contributed by atoms with E-state index in [0.717, 1.165) is 24.8 Å². The van der Waals surface area contributed by atoms with Gasteiger partial charge >= 0.3 is 0 Å². The fourth-order valence-corrected chi connectivity index (χ4v) is 2.08. The molecule has 1 aromatic heterocycles. The van der Waals surface area contributed by atoms with Gasteiger partial charge in [-0.2, -0.15) is 0 Å². The third kappa shape index (κ3) is 2.39. The van der Waals surface area contributed by atoms with E-state index in [4.69, 9.17) is 11.5 Å². The van der Waals surface area contributed by atoms with Crippen molar-refractivity contribution >= 4 is 11.6 Å². The third-order valence-corrected chi connectivity index (χ3v) is 3.21. The number of nitrogen functional groups attached to an aromatic ring is 1. The molecule has 0 unspecified atom stereocenters. The van der Waals surface area contributed by atoms with Crippen LogP contribution in [0.1, 0.15) is 31.2 Å². The smallest absolute Gasteiger partial charge is 0.139 e. The Balaban J connectivity index is 1.95. The molecule has 4 nitrogen and oxygen atoms in total. The molecule has 4 N–H and O–H groups in total. The molecule has 4 heteroatoms. The molecule has 0 aliphatic heterocycles. The number of carbonyl (C=O) groups is 1. The van der Waals surface area contributed by atoms with E-state index in [0.29, 0.717) is 18.7 Å². The van der Waals surface area contributed by atoms with Gasteiger partial charge in [-0.3, -0.25) is 4.79 Å². The molecule has 0 atom stereocenters. The van der Waals surface area contributed by atoms with E-state index in [1.165, 1.54) is 0 Å². The molecule has 1 fully saturated rings. The van der Waals surface area contributed by atoms with Crippen LogP contribution in [0, 0.1) is 0 Å². The molecule has 1 aliphatic carbocycles. The lowest BCUT2D eigenvalue weighted by molar-refractivity contribution is -0.120. The van der Waals surface area contributed by atoms with E-state index in [1.54, 1.807) is 12.3 Å². The van der Waals surface area contributed by atoms with Crippen LogP contribution in [0.3, 0.4) is 0 Å². The summed E-state index contributed by atoms with van der Waals surface area (Å²) in [7, 11) is 0. The summed E-state index contributed by atoms with van der Waals surface area (Å²) in [6.07, 6.45) is 5.49. The zero-order valence-electron chi connectivity index (χ0n) is 9.28. The minimum Gasteiger partial charge on any atom is -0.383 e. The highest BCUT2D eigenvalue weighted by molar-refractivity contribution is 5.83. The third-order valence-electron chi connectivity index (χ3n) is 3.21. The van der Waals surface area contributed by atoms with Crippen molar-refractivity contribution in [3.8, 4) is 0 Å². The first-order chi connectivity index (χ1) is 7.59. The van der Waals surface area contributed by atoms with Gasteiger partial charge in [0.15, 0.2) is 0 Å². The van der Waals surface area contributed by atoms with E-state index in [1.807, 2.05) is 6.07 Å². The lowest BCUT2D eigenvalue weighted by Gasteiger charge is -2.37. The van der Waals surface area contributed by atoms with Gasteiger partial charge in [-0.1, -0.05) is 6.07 Å². The van der Waals surface area contributed by atoms with Crippen LogP contribution < -0.4 is 11.5 Å². The maximum absolute atomic E-state index is 11.8. The predicted molar refractivity (Wildman–Crippen MR) is 62.7 cm³/mol. The summed E-state index contributed by atoms with van der Waals surface area (Å²) in [5, 5.41) is 0. The molecular weight excluding hydrogens is 202 g/mol. The van der Waals surface area contributed by atoms with Crippen LogP contribution in [-0.2, 0) is 11.2 Å². The number of rotatable bonds is 4. The number of hydrogen-bond donors (Lipinski definition) is 2. The molecule has 2 rings (SSSR count). The summed E-state index contributed by atoms with van der Waals surface area (Å²) in [5.41, 5.74) is 12.3. The van der Waals surface area contributed by atoms with E-state index >= 15 is 0 Å². The standard InChI is InChI=1S/C12H17N3O/c13-11-9(3-1-6-15-11)7-10(16)8-12(14)4-2-5-12/h1,3,6H,2,4-5,7-8,14H2,(H2,13,15). The zero-order valence-corrected chi connectivity index (χ0v) is 9.28. The monoisotopic (exact) mass is 219 g/mol. The Kier molecular flexibility index (Phi) is 2.92. The van der Waals surface area contributed by atoms with Gasteiger partial charge in [-0.15, -0.1) is 0 Å². The summed E-state index contributed by atoms with van der Waals surface area (Å²) in [4.78, 5) is 15.8. The lowest BCUT2D eigenvalue weighted by Crippen LogP contribution is -2.48. The summed E-state index contributed by atoms with van der Waals surface area (Å²) in [6, 6.07) is 3.63. The Morgan fingerprint density at radius 3 is 2.81 bits per heavy atom. The van der Waals surface area contributed by atoms with Crippen molar-refractivity contribution < 1.29 is 4.79 Å². The number of Topliss-reactive ketones (excluding diaryl/α,β-unsaturated/α-hetero) is 1. The number of nitrogens with two attached hydrogens (primary N) is 2. The molecule has 1 aromatic rings. The van der Waals surface area contributed by atoms with Crippen molar-refractivity contribution in [3.63, 3.8) is 0 Å². The van der Waals surface area contributed by atoms with Gasteiger partial charge in [0.25, 0.3) is 0 Å². The Morgan fingerprint density at radius 2 is 2.25 bits per heavy atom. The molecule has 1 aliphatic rings. The second-order valence-electron chi connectivity index (χ2n) is 4.66. The molecule has 0 bridgehead atoms. The van der Waals surface area contributed by atoms with Crippen molar-refractivity contribution in [3.05, 3.63) is 23.9 Å². The lowest BCUT2D eigenvalue weighted by atomic mass is 9.74. The van der Waals surface area contributed by atoms with Crippen LogP contribution in [0.15, 0.2) is 18.3 Å². The highest BCUT2D eigenvalue weighted by Crippen LogP contribution is 2.32. The quantitative estimate of drug-likeness (QED) is 0.793. The van der Waals surface area contributed by atoms with Crippen molar-refractivity contribution in [2.24, 2.45) is 5.73 Å². The van der Waals surface area contributed by atoms with Crippen molar-refractivity contribution in [1.29, 1.82) is 0 Å². The number of ketones is 1. The second-order valence-corrected chi connectivity index (χ2v) is 4.66. The zero-order chi connectivity index (χ0) is 11.6. The number of hydrogen-bond acceptors (Lipinski definition) is 4. The molecule has 86 valence electrons. The summed E-state index contributed by atoms with van der Waals surface area (Å²) in [5.74, 6) is 0.595.